The van der Waals surface area contributed by atoms with Gasteiger partial charge in [-0.2, -0.15) is 0 Å². The van der Waals surface area contributed by atoms with Gasteiger partial charge in [0.1, 0.15) is 0 Å². The highest BCUT2D eigenvalue weighted by atomic mass is 16.3. The molecular formula is C12H16O2. The molecule has 1 aromatic rings. The van der Waals surface area contributed by atoms with Crippen molar-refractivity contribution in [1.82, 2.24) is 0 Å². The molecule has 1 aromatic carbocycles. The Morgan fingerprint density at radius 3 is 2.57 bits per heavy atom. The summed E-state index contributed by atoms with van der Waals surface area (Å²) in [5.41, 5.74) is 3.58. The van der Waals surface area contributed by atoms with Gasteiger partial charge in [-0.1, -0.05) is 25.1 Å². The van der Waals surface area contributed by atoms with Crippen molar-refractivity contribution >= 4 is 0 Å². The second-order valence-corrected chi connectivity index (χ2v) is 4.58. The van der Waals surface area contributed by atoms with Crippen molar-refractivity contribution in [3.05, 3.63) is 34.9 Å². The van der Waals surface area contributed by atoms with Crippen LogP contribution >= 0.6 is 0 Å². The van der Waals surface area contributed by atoms with Gasteiger partial charge in [-0.25, -0.2) is 0 Å². The zero-order chi connectivity index (χ0) is 10.2. The number of hydrogen-bond acceptors (Lipinski definition) is 2. The maximum atomic E-state index is 9.27. The molecule has 76 valence electrons. The number of benzene rings is 1. The summed E-state index contributed by atoms with van der Waals surface area (Å²) in [5, 5.41) is 18.3. The predicted molar refractivity (Wildman–Crippen MR) is 55.0 cm³/mol. The average Bonchev–Trinajstić information content (AvgIpc) is 2.54. The second-order valence-electron chi connectivity index (χ2n) is 4.58. The van der Waals surface area contributed by atoms with Crippen LogP contribution in [0.3, 0.4) is 0 Å². The molecule has 0 saturated heterocycles. The molecule has 2 heteroatoms. The third kappa shape index (κ3) is 1.56. The first-order chi connectivity index (χ1) is 6.67. The summed E-state index contributed by atoms with van der Waals surface area (Å²) in [4.78, 5) is 0. The lowest BCUT2D eigenvalue weighted by molar-refractivity contribution is 0.152. The zero-order valence-electron chi connectivity index (χ0n) is 8.45. The topological polar surface area (TPSA) is 40.5 Å². The molecule has 1 atom stereocenters. The first kappa shape index (κ1) is 9.69. The number of aliphatic hydroxyl groups excluding tert-OH is 2. The highest BCUT2D eigenvalue weighted by Gasteiger charge is 2.31. The Labute approximate surface area is 84.2 Å². The number of fused-ring (bicyclic) bond motifs is 1. The zero-order valence-corrected chi connectivity index (χ0v) is 8.45. The largest absolute Gasteiger partial charge is 0.396 e. The second kappa shape index (κ2) is 3.37. The fourth-order valence-electron chi connectivity index (χ4n) is 2.21. The standard InChI is InChI=1S/C12H16O2/c1-12(8-14)5-10-3-2-9(7-13)4-11(10)6-12/h2-4,13-14H,5-8H2,1H3. The van der Waals surface area contributed by atoms with Gasteiger partial charge < -0.3 is 10.2 Å². The summed E-state index contributed by atoms with van der Waals surface area (Å²) >= 11 is 0. The smallest absolute Gasteiger partial charge is 0.0681 e. The van der Waals surface area contributed by atoms with E-state index in [1.807, 2.05) is 6.07 Å². The predicted octanol–water partition coefficient (Wildman–Crippen LogP) is 1.28. The van der Waals surface area contributed by atoms with E-state index in [0.29, 0.717) is 0 Å². The van der Waals surface area contributed by atoms with E-state index < -0.39 is 0 Å². The van der Waals surface area contributed by atoms with E-state index in [2.05, 4.69) is 19.1 Å². The van der Waals surface area contributed by atoms with Crippen molar-refractivity contribution in [2.24, 2.45) is 5.41 Å². The summed E-state index contributed by atoms with van der Waals surface area (Å²) in [5.74, 6) is 0. The quantitative estimate of drug-likeness (QED) is 0.741. The van der Waals surface area contributed by atoms with Crippen LogP contribution < -0.4 is 0 Å². The SMILES string of the molecule is CC1(CO)Cc2ccc(CO)cc2C1. The molecule has 0 saturated carbocycles. The summed E-state index contributed by atoms with van der Waals surface area (Å²) in [6, 6.07) is 6.08. The monoisotopic (exact) mass is 192 g/mol. The van der Waals surface area contributed by atoms with Crippen LogP contribution in [-0.2, 0) is 19.4 Å². The normalized spacial score (nSPS) is 25.1. The first-order valence-electron chi connectivity index (χ1n) is 4.99. The fourth-order valence-corrected chi connectivity index (χ4v) is 2.21. The van der Waals surface area contributed by atoms with Gasteiger partial charge in [0.25, 0.3) is 0 Å². The fraction of sp³-hybridized carbons (Fsp3) is 0.500. The van der Waals surface area contributed by atoms with Crippen LogP contribution in [0.15, 0.2) is 18.2 Å². The molecule has 2 nitrogen and oxygen atoms in total. The minimum Gasteiger partial charge on any atom is -0.396 e. The lowest BCUT2D eigenvalue weighted by atomic mass is 9.88. The minimum absolute atomic E-state index is 0.0103. The maximum Gasteiger partial charge on any atom is 0.0681 e. The van der Waals surface area contributed by atoms with Gasteiger partial charge in [0.2, 0.25) is 0 Å². The van der Waals surface area contributed by atoms with Crippen molar-refractivity contribution in [2.45, 2.75) is 26.4 Å². The third-order valence-corrected chi connectivity index (χ3v) is 3.07. The van der Waals surface area contributed by atoms with Crippen molar-refractivity contribution in [1.29, 1.82) is 0 Å². The van der Waals surface area contributed by atoms with Gasteiger partial charge >= 0.3 is 0 Å². The van der Waals surface area contributed by atoms with Gasteiger partial charge in [0.15, 0.2) is 0 Å². The molecule has 0 bridgehead atoms. The van der Waals surface area contributed by atoms with Crippen LogP contribution in [0.25, 0.3) is 0 Å². The molecule has 2 rings (SSSR count). The van der Waals surface area contributed by atoms with Gasteiger partial charge in [-0.05, 0) is 34.9 Å². The molecule has 0 aliphatic heterocycles. The van der Waals surface area contributed by atoms with Crippen LogP contribution in [0.2, 0.25) is 0 Å². The number of hydrogen-bond donors (Lipinski definition) is 2. The molecule has 2 N–H and O–H groups in total. The van der Waals surface area contributed by atoms with Crippen LogP contribution in [0.1, 0.15) is 23.6 Å². The molecule has 0 heterocycles. The maximum absolute atomic E-state index is 9.27. The van der Waals surface area contributed by atoms with E-state index in [4.69, 9.17) is 5.11 Å². The van der Waals surface area contributed by atoms with Gasteiger partial charge in [0.05, 0.1) is 6.61 Å². The molecule has 0 radical (unpaired) electrons. The summed E-state index contributed by atoms with van der Waals surface area (Å²) in [6.07, 6.45) is 1.87. The van der Waals surface area contributed by atoms with Gasteiger partial charge in [-0.15, -0.1) is 0 Å². The number of rotatable bonds is 2. The van der Waals surface area contributed by atoms with Crippen molar-refractivity contribution in [3.8, 4) is 0 Å². The van der Waals surface area contributed by atoms with E-state index in [0.717, 1.165) is 18.4 Å². The molecule has 0 aromatic heterocycles. The molecule has 1 aliphatic rings. The Morgan fingerprint density at radius 1 is 1.21 bits per heavy atom. The average molecular weight is 192 g/mol. The molecule has 1 aliphatic carbocycles. The van der Waals surface area contributed by atoms with E-state index in [1.54, 1.807) is 0 Å². The summed E-state index contributed by atoms with van der Waals surface area (Å²) < 4.78 is 0. The third-order valence-electron chi connectivity index (χ3n) is 3.07. The molecule has 0 fully saturated rings. The van der Waals surface area contributed by atoms with Crippen molar-refractivity contribution < 1.29 is 10.2 Å². The van der Waals surface area contributed by atoms with Gasteiger partial charge in [0, 0.05) is 6.61 Å². The number of aliphatic hydroxyl groups is 2. The summed E-state index contributed by atoms with van der Waals surface area (Å²) in [6.45, 7) is 2.44. The van der Waals surface area contributed by atoms with E-state index >= 15 is 0 Å². The Bertz CT molecular complexity index is 346. The lowest BCUT2D eigenvalue weighted by Crippen LogP contribution is -2.21. The Hall–Kier alpha value is -0.860. The molecule has 14 heavy (non-hydrogen) atoms. The highest BCUT2D eigenvalue weighted by Crippen LogP contribution is 2.36. The van der Waals surface area contributed by atoms with E-state index in [9.17, 15) is 5.11 Å². The van der Waals surface area contributed by atoms with E-state index in [1.165, 1.54) is 11.1 Å². The Kier molecular flexibility index (Phi) is 2.33. The van der Waals surface area contributed by atoms with Crippen LogP contribution in [0, 0.1) is 5.41 Å². The van der Waals surface area contributed by atoms with E-state index in [-0.39, 0.29) is 18.6 Å². The van der Waals surface area contributed by atoms with Crippen LogP contribution in [0.4, 0.5) is 0 Å². The Balaban J connectivity index is 2.31. The molecular weight excluding hydrogens is 176 g/mol. The lowest BCUT2D eigenvalue weighted by Gasteiger charge is -2.19. The molecule has 1 unspecified atom stereocenters. The summed E-state index contributed by atoms with van der Waals surface area (Å²) in [7, 11) is 0. The minimum atomic E-state index is 0.0103. The Morgan fingerprint density at radius 2 is 1.93 bits per heavy atom. The first-order valence-corrected chi connectivity index (χ1v) is 4.99. The molecule has 0 spiro atoms. The van der Waals surface area contributed by atoms with Crippen molar-refractivity contribution in [2.75, 3.05) is 6.61 Å². The van der Waals surface area contributed by atoms with Crippen LogP contribution in [-0.4, -0.2) is 16.8 Å². The van der Waals surface area contributed by atoms with Crippen molar-refractivity contribution in [3.63, 3.8) is 0 Å². The molecule has 0 amide bonds. The van der Waals surface area contributed by atoms with Gasteiger partial charge in [-0.3, -0.25) is 0 Å². The van der Waals surface area contributed by atoms with Crippen LogP contribution in [0.5, 0.6) is 0 Å². The highest BCUT2D eigenvalue weighted by molar-refractivity contribution is 5.37.